The lowest BCUT2D eigenvalue weighted by Crippen LogP contribution is -2.04. The number of aliphatic hydroxyl groups excluding tert-OH is 1. The Balaban J connectivity index is 2.90. The van der Waals surface area contributed by atoms with E-state index in [1.54, 1.807) is 0 Å². The van der Waals surface area contributed by atoms with Gasteiger partial charge in [0, 0.05) is 4.90 Å². The van der Waals surface area contributed by atoms with Gasteiger partial charge in [-0.25, -0.2) is 0 Å². The van der Waals surface area contributed by atoms with Gasteiger partial charge in [0.25, 0.3) is 0 Å². The summed E-state index contributed by atoms with van der Waals surface area (Å²) in [6, 6.07) is 4.89. The van der Waals surface area contributed by atoms with Crippen molar-refractivity contribution in [2.24, 2.45) is 0 Å². The van der Waals surface area contributed by atoms with Gasteiger partial charge in [-0.1, -0.05) is 17.8 Å². The van der Waals surface area contributed by atoms with Gasteiger partial charge >= 0.3 is 6.18 Å². The van der Waals surface area contributed by atoms with Gasteiger partial charge in [-0.2, -0.15) is 13.2 Å². The molecule has 0 heterocycles. The standard InChI is InChI=1S/C9H9F3OS/c1-6(13)14-8-4-2-3-7(5-8)9(10,11)12/h2-6,13H,1H3. The molecule has 0 saturated heterocycles. The summed E-state index contributed by atoms with van der Waals surface area (Å²) in [7, 11) is 0. The first kappa shape index (κ1) is 11.4. The van der Waals surface area contributed by atoms with Crippen molar-refractivity contribution < 1.29 is 18.3 Å². The van der Waals surface area contributed by atoms with E-state index in [1.807, 2.05) is 0 Å². The maximum atomic E-state index is 12.2. The fourth-order valence-corrected chi connectivity index (χ4v) is 1.69. The van der Waals surface area contributed by atoms with Gasteiger partial charge in [-0.3, -0.25) is 0 Å². The van der Waals surface area contributed by atoms with Crippen molar-refractivity contribution in [3.63, 3.8) is 0 Å². The fraction of sp³-hybridized carbons (Fsp3) is 0.333. The number of hydrogen-bond acceptors (Lipinski definition) is 2. The van der Waals surface area contributed by atoms with Crippen molar-refractivity contribution in [2.45, 2.75) is 23.4 Å². The zero-order valence-corrected chi connectivity index (χ0v) is 8.19. The second-order valence-electron chi connectivity index (χ2n) is 2.74. The summed E-state index contributed by atoms with van der Waals surface area (Å²) >= 11 is 0.984. The Hall–Kier alpha value is -0.680. The summed E-state index contributed by atoms with van der Waals surface area (Å²) in [5.41, 5.74) is -1.40. The molecule has 0 bridgehead atoms. The maximum Gasteiger partial charge on any atom is 0.416 e. The molecule has 0 amide bonds. The fourth-order valence-electron chi connectivity index (χ4n) is 0.943. The number of hydrogen-bond donors (Lipinski definition) is 1. The van der Waals surface area contributed by atoms with Crippen molar-refractivity contribution >= 4 is 11.8 Å². The van der Waals surface area contributed by atoms with Crippen LogP contribution in [0.2, 0.25) is 0 Å². The minimum atomic E-state index is -4.32. The van der Waals surface area contributed by atoms with Crippen LogP contribution in [-0.2, 0) is 6.18 Å². The van der Waals surface area contributed by atoms with E-state index in [-0.39, 0.29) is 0 Å². The van der Waals surface area contributed by atoms with Gasteiger partial charge in [0.05, 0.1) is 5.56 Å². The molecule has 0 aliphatic carbocycles. The maximum absolute atomic E-state index is 12.2. The molecule has 0 radical (unpaired) electrons. The Bertz CT molecular complexity index is 309. The van der Waals surface area contributed by atoms with Crippen LogP contribution in [0.1, 0.15) is 12.5 Å². The number of benzene rings is 1. The van der Waals surface area contributed by atoms with Crippen LogP contribution in [0.3, 0.4) is 0 Å². The third-order valence-corrected chi connectivity index (χ3v) is 2.34. The van der Waals surface area contributed by atoms with Crippen LogP contribution in [0.15, 0.2) is 29.2 Å². The van der Waals surface area contributed by atoms with Gasteiger partial charge in [0.2, 0.25) is 0 Å². The summed E-state index contributed by atoms with van der Waals surface area (Å²) in [5.74, 6) is 0. The van der Waals surface area contributed by atoms with Crippen molar-refractivity contribution in [3.8, 4) is 0 Å². The van der Waals surface area contributed by atoms with Crippen LogP contribution < -0.4 is 0 Å². The summed E-state index contributed by atoms with van der Waals surface area (Å²) in [6.45, 7) is 1.50. The van der Waals surface area contributed by atoms with E-state index >= 15 is 0 Å². The average molecular weight is 222 g/mol. The van der Waals surface area contributed by atoms with E-state index in [0.29, 0.717) is 4.90 Å². The number of alkyl halides is 3. The highest BCUT2D eigenvalue weighted by molar-refractivity contribution is 7.99. The molecule has 78 valence electrons. The van der Waals surface area contributed by atoms with Gasteiger partial charge in [0.1, 0.15) is 5.44 Å². The SMILES string of the molecule is CC(O)Sc1cccc(C(F)(F)F)c1. The molecule has 1 unspecified atom stereocenters. The monoisotopic (exact) mass is 222 g/mol. The molecule has 1 atom stereocenters. The second-order valence-corrected chi connectivity index (χ2v) is 4.13. The summed E-state index contributed by atoms with van der Waals surface area (Å²) in [4.78, 5) is 0.412. The van der Waals surface area contributed by atoms with E-state index in [0.717, 1.165) is 23.9 Å². The highest BCUT2D eigenvalue weighted by Crippen LogP contribution is 2.32. The molecule has 5 heteroatoms. The number of halogens is 3. The van der Waals surface area contributed by atoms with E-state index in [2.05, 4.69) is 0 Å². The lowest BCUT2D eigenvalue weighted by Gasteiger charge is -2.09. The number of aliphatic hydroxyl groups is 1. The Morgan fingerprint density at radius 1 is 1.36 bits per heavy atom. The molecule has 0 spiro atoms. The molecule has 1 nitrogen and oxygen atoms in total. The van der Waals surface area contributed by atoms with Crippen LogP contribution in [0.25, 0.3) is 0 Å². The minimum absolute atomic E-state index is 0.412. The van der Waals surface area contributed by atoms with Crippen molar-refractivity contribution in [1.29, 1.82) is 0 Å². The Morgan fingerprint density at radius 2 is 2.00 bits per heavy atom. The van der Waals surface area contributed by atoms with Crippen molar-refractivity contribution in [3.05, 3.63) is 29.8 Å². The van der Waals surface area contributed by atoms with E-state index < -0.39 is 17.2 Å². The average Bonchev–Trinajstić information content (AvgIpc) is 2.01. The molecule has 1 N–H and O–H groups in total. The second kappa shape index (κ2) is 4.23. The van der Waals surface area contributed by atoms with Crippen molar-refractivity contribution in [2.75, 3.05) is 0 Å². The molecule has 14 heavy (non-hydrogen) atoms. The Labute approximate surface area is 83.9 Å². The smallest absolute Gasteiger partial charge is 0.382 e. The topological polar surface area (TPSA) is 20.2 Å². The molecule has 0 aromatic heterocycles. The number of rotatable bonds is 2. The molecule has 0 aliphatic rings. The number of thioether (sulfide) groups is 1. The van der Waals surface area contributed by atoms with Crippen LogP contribution in [0.4, 0.5) is 13.2 Å². The summed E-state index contributed by atoms with van der Waals surface area (Å²) in [6.07, 6.45) is -4.32. The predicted molar refractivity (Wildman–Crippen MR) is 49.0 cm³/mol. The van der Waals surface area contributed by atoms with Crippen LogP contribution in [0, 0.1) is 0 Å². The minimum Gasteiger partial charge on any atom is -0.382 e. The molecular weight excluding hydrogens is 213 g/mol. The van der Waals surface area contributed by atoms with Gasteiger partial charge < -0.3 is 5.11 Å². The third-order valence-electron chi connectivity index (χ3n) is 1.47. The lowest BCUT2D eigenvalue weighted by molar-refractivity contribution is -0.137. The molecule has 1 rings (SSSR count). The van der Waals surface area contributed by atoms with E-state index in [1.165, 1.54) is 19.1 Å². The third kappa shape index (κ3) is 3.23. The van der Waals surface area contributed by atoms with Crippen LogP contribution >= 0.6 is 11.8 Å². The molecule has 1 aromatic rings. The normalized spacial score (nSPS) is 14.1. The van der Waals surface area contributed by atoms with E-state index in [9.17, 15) is 13.2 Å². The van der Waals surface area contributed by atoms with E-state index in [4.69, 9.17) is 5.11 Å². The molecule has 0 fully saturated rings. The van der Waals surface area contributed by atoms with Gasteiger partial charge in [-0.05, 0) is 25.1 Å². The first-order valence-electron chi connectivity index (χ1n) is 3.91. The van der Waals surface area contributed by atoms with Crippen LogP contribution in [0.5, 0.6) is 0 Å². The van der Waals surface area contributed by atoms with Gasteiger partial charge in [-0.15, -0.1) is 0 Å². The largest absolute Gasteiger partial charge is 0.416 e. The summed E-state index contributed by atoms with van der Waals surface area (Å²) in [5, 5.41) is 8.98. The predicted octanol–water partition coefficient (Wildman–Crippen LogP) is 3.14. The first-order chi connectivity index (χ1) is 6.39. The van der Waals surface area contributed by atoms with Crippen LogP contribution in [-0.4, -0.2) is 10.5 Å². The summed E-state index contributed by atoms with van der Waals surface area (Å²) < 4.78 is 36.7. The Morgan fingerprint density at radius 3 is 2.50 bits per heavy atom. The quantitative estimate of drug-likeness (QED) is 0.612. The molecule has 0 aliphatic heterocycles. The van der Waals surface area contributed by atoms with Crippen molar-refractivity contribution in [1.82, 2.24) is 0 Å². The highest BCUT2D eigenvalue weighted by atomic mass is 32.2. The first-order valence-corrected chi connectivity index (χ1v) is 4.79. The highest BCUT2D eigenvalue weighted by Gasteiger charge is 2.30. The molecule has 1 aromatic carbocycles. The molecule has 0 saturated carbocycles. The zero-order valence-electron chi connectivity index (χ0n) is 7.38. The Kier molecular flexibility index (Phi) is 3.44. The molecular formula is C9H9F3OS. The zero-order chi connectivity index (χ0) is 10.8. The lowest BCUT2D eigenvalue weighted by atomic mass is 10.2. The van der Waals surface area contributed by atoms with Gasteiger partial charge in [0.15, 0.2) is 0 Å².